The van der Waals surface area contributed by atoms with Crippen LogP contribution in [0.25, 0.3) is 0 Å². The highest BCUT2D eigenvalue weighted by Gasteiger charge is 2.10. The van der Waals surface area contributed by atoms with Gasteiger partial charge in [-0.15, -0.1) is 11.3 Å². The summed E-state index contributed by atoms with van der Waals surface area (Å²) < 4.78 is 4.79. The summed E-state index contributed by atoms with van der Waals surface area (Å²) in [6.45, 7) is 4.01. The summed E-state index contributed by atoms with van der Waals surface area (Å²) in [6.07, 6.45) is 2.59. The van der Waals surface area contributed by atoms with Crippen molar-refractivity contribution >= 4 is 39.9 Å². The number of ether oxygens (including phenoxy) is 1. The van der Waals surface area contributed by atoms with Crippen LogP contribution in [0.15, 0.2) is 24.4 Å². The van der Waals surface area contributed by atoms with Crippen LogP contribution >= 0.6 is 22.9 Å². The van der Waals surface area contributed by atoms with Crippen LogP contribution in [0.2, 0.25) is 5.02 Å². The van der Waals surface area contributed by atoms with Gasteiger partial charge in [-0.2, -0.15) is 0 Å². The van der Waals surface area contributed by atoms with Crippen LogP contribution in [0.1, 0.15) is 35.8 Å². The molecule has 7 heteroatoms. The van der Waals surface area contributed by atoms with Gasteiger partial charge in [-0.1, -0.05) is 23.7 Å². The Hall–Kier alpha value is -1.92. The second-order valence-corrected chi connectivity index (χ2v) is 6.77. The van der Waals surface area contributed by atoms with Gasteiger partial charge in [0.05, 0.1) is 13.0 Å². The highest BCUT2D eigenvalue weighted by atomic mass is 35.5. The van der Waals surface area contributed by atoms with Gasteiger partial charge in [-0.3, -0.25) is 9.59 Å². The van der Waals surface area contributed by atoms with Crippen molar-refractivity contribution in [2.45, 2.75) is 33.1 Å². The van der Waals surface area contributed by atoms with Crippen molar-refractivity contribution in [2.24, 2.45) is 0 Å². The molecule has 1 aromatic heterocycles. The third kappa shape index (κ3) is 5.62. The molecule has 0 unspecified atom stereocenters. The molecule has 2 rings (SSSR count). The predicted molar refractivity (Wildman–Crippen MR) is 95.6 cm³/mol. The SMILES string of the molecule is CCOC(=O)CCC(=O)Nc1ncc(Cc2ccc(C)c(Cl)c2)s1. The number of hydrogen-bond acceptors (Lipinski definition) is 5. The van der Waals surface area contributed by atoms with Crippen molar-refractivity contribution in [3.05, 3.63) is 45.4 Å². The molecule has 0 saturated heterocycles. The lowest BCUT2D eigenvalue weighted by Crippen LogP contribution is -2.14. The minimum Gasteiger partial charge on any atom is -0.466 e. The number of rotatable bonds is 7. The van der Waals surface area contributed by atoms with E-state index in [4.69, 9.17) is 16.3 Å². The minimum absolute atomic E-state index is 0.0692. The van der Waals surface area contributed by atoms with Crippen molar-refractivity contribution < 1.29 is 14.3 Å². The lowest BCUT2D eigenvalue weighted by Gasteiger charge is -2.03. The number of halogens is 1. The van der Waals surface area contributed by atoms with Gasteiger partial charge in [0.25, 0.3) is 0 Å². The van der Waals surface area contributed by atoms with Crippen LogP contribution < -0.4 is 5.32 Å². The maximum atomic E-state index is 11.8. The molecule has 1 aromatic carbocycles. The zero-order valence-corrected chi connectivity index (χ0v) is 15.2. The molecule has 0 aliphatic heterocycles. The van der Waals surface area contributed by atoms with Gasteiger partial charge in [0.2, 0.25) is 5.91 Å². The third-order valence-electron chi connectivity index (χ3n) is 3.28. The summed E-state index contributed by atoms with van der Waals surface area (Å²) >= 11 is 7.54. The fraction of sp³-hybridized carbons (Fsp3) is 0.353. The van der Waals surface area contributed by atoms with Crippen molar-refractivity contribution in [1.82, 2.24) is 4.98 Å². The number of esters is 1. The van der Waals surface area contributed by atoms with Crippen molar-refractivity contribution in [1.29, 1.82) is 0 Å². The van der Waals surface area contributed by atoms with Crippen LogP contribution in [0.4, 0.5) is 5.13 Å². The quantitative estimate of drug-likeness (QED) is 0.752. The fourth-order valence-electron chi connectivity index (χ4n) is 2.03. The molecule has 2 aromatic rings. The maximum absolute atomic E-state index is 11.8. The second kappa shape index (κ2) is 8.80. The Kier molecular flexibility index (Phi) is 6.75. The molecule has 0 spiro atoms. The number of nitrogens with one attached hydrogen (secondary N) is 1. The summed E-state index contributed by atoms with van der Waals surface area (Å²) in [7, 11) is 0. The van der Waals surface area contributed by atoms with Gasteiger partial charge in [-0.25, -0.2) is 4.98 Å². The molecule has 0 radical (unpaired) electrons. The molecule has 0 fully saturated rings. The summed E-state index contributed by atoms with van der Waals surface area (Å²) in [5.41, 5.74) is 2.13. The van der Waals surface area contributed by atoms with E-state index in [0.717, 1.165) is 21.0 Å². The Bertz CT molecular complexity index is 730. The number of hydrogen-bond donors (Lipinski definition) is 1. The van der Waals surface area contributed by atoms with Crippen molar-refractivity contribution in [3.63, 3.8) is 0 Å². The molecule has 128 valence electrons. The summed E-state index contributed by atoms with van der Waals surface area (Å²) in [4.78, 5) is 28.3. The summed E-state index contributed by atoms with van der Waals surface area (Å²) in [5, 5.41) is 3.97. The number of carbonyl (C=O) groups excluding carboxylic acids is 2. The highest BCUT2D eigenvalue weighted by molar-refractivity contribution is 7.15. The van der Waals surface area contributed by atoms with E-state index in [-0.39, 0.29) is 24.7 Å². The maximum Gasteiger partial charge on any atom is 0.306 e. The van der Waals surface area contributed by atoms with Gasteiger partial charge in [0.1, 0.15) is 0 Å². The smallest absolute Gasteiger partial charge is 0.306 e. The number of aryl methyl sites for hydroxylation is 1. The van der Waals surface area contributed by atoms with Crippen LogP contribution in [-0.2, 0) is 20.7 Å². The van der Waals surface area contributed by atoms with Gasteiger partial charge in [0.15, 0.2) is 5.13 Å². The summed E-state index contributed by atoms with van der Waals surface area (Å²) in [6, 6.07) is 5.95. The monoisotopic (exact) mass is 366 g/mol. The molecule has 1 amide bonds. The van der Waals surface area contributed by atoms with Crippen LogP contribution in [0.3, 0.4) is 0 Å². The predicted octanol–water partition coefficient (Wildman–Crippen LogP) is 3.98. The van der Waals surface area contributed by atoms with E-state index in [1.807, 2.05) is 25.1 Å². The van der Waals surface area contributed by atoms with Crippen LogP contribution in [0, 0.1) is 6.92 Å². The van der Waals surface area contributed by atoms with E-state index in [1.54, 1.807) is 13.1 Å². The van der Waals surface area contributed by atoms with E-state index in [1.165, 1.54) is 11.3 Å². The number of nitrogens with zero attached hydrogens (tertiary/aromatic N) is 1. The zero-order chi connectivity index (χ0) is 17.5. The normalized spacial score (nSPS) is 10.5. The molecule has 0 aliphatic carbocycles. The standard InChI is InChI=1S/C17H19ClN2O3S/c1-3-23-16(22)7-6-15(21)20-17-19-10-13(24-17)8-12-5-4-11(2)14(18)9-12/h4-5,9-10H,3,6-8H2,1-2H3,(H,19,20,21). The molecule has 0 bridgehead atoms. The number of amides is 1. The number of aromatic nitrogens is 1. The number of thiazole rings is 1. The summed E-state index contributed by atoms with van der Waals surface area (Å²) in [5.74, 6) is -0.619. The topological polar surface area (TPSA) is 68.3 Å². The van der Waals surface area contributed by atoms with E-state index >= 15 is 0 Å². The van der Waals surface area contributed by atoms with E-state index in [0.29, 0.717) is 18.2 Å². The van der Waals surface area contributed by atoms with Gasteiger partial charge < -0.3 is 10.1 Å². The number of carbonyl (C=O) groups is 2. The Morgan fingerprint density at radius 3 is 2.83 bits per heavy atom. The van der Waals surface area contributed by atoms with Crippen molar-refractivity contribution in [2.75, 3.05) is 11.9 Å². The number of anilines is 1. The van der Waals surface area contributed by atoms with Crippen molar-refractivity contribution in [3.8, 4) is 0 Å². The van der Waals surface area contributed by atoms with E-state index in [9.17, 15) is 9.59 Å². The van der Waals surface area contributed by atoms with Crippen LogP contribution in [-0.4, -0.2) is 23.5 Å². The first-order chi connectivity index (χ1) is 11.5. The minimum atomic E-state index is -0.372. The molecule has 0 atom stereocenters. The molecular formula is C17H19ClN2O3S. The largest absolute Gasteiger partial charge is 0.466 e. The van der Waals surface area contributed by atoms with E-state index in [2.05, 4.69) is 10.3 Å². The molecule has 24 heavy (non-hydrogen) atoms. The first-order valence-corrected chi connectivity index (χ1v) is 8.82. The van der Waals surface area contributed by atoms with Crippen LogP contribution in [0.5, 0.6) is 0 Å². The molecule has 5 nitrogen and oxygen atoms in total. The Balaban J connectivity index is 1.87. The lowest BCUT2D eigenvalue weighted by molar-refractivity contribution is -0.144. The average Bonchev–Trinajstić information content (AvgIpc) is 2.96. The fourth-order valence-corrected chi connectivity index (χ4v) is 3.09. The average molecular weight is 367 g/mol. The molecule has 1 heterocycles. The Labute approximate surface area is 150 Å². The van der Waals surface area contributed by atoms with Gasteiger partial charge in [0, 0.05) is 28.9 Å². The molecule has 1 N–H and O–H groups in total. The van der Waals surface area contributed by atoms with Gasteiger partial charge >= 0.3 is 5.97 Å². The Morgan fingerprint density at radius 2 is 2.12 bits per heavy atom. The third-order valence-corrected chi connectivity index (χ3v) is 4.60. The van der Waals surface area contributed by atoms with Gasteiger partial charge in [-0.05, 0) is 31.0 Å². The second-order valence-electron chi connectivity index (χ2n) is 5.25. The first kappa shape index (κ1) is 18.4. The Morgan fingerprint density at radius 1 is 1.33 bits per heavy atom. The number of benzene rings is 1. The molecule has 0 saturated carbocycles. The molecular weight excluding hydrogens is 348 g/mol. The molecule has 0 aliphatic rings. The first-order valence-electron chi connectivity index (χ1n) is 7.63. The zero-order valence-electron chi connectivity index (χ0n) is 13.6. The lowest BCUT2D eigenvalue weighted by atomic mass is 10.1. The van der Waals surface area contributed by atoms with E-state index < -0.39 is 0 Å². The highest BCUT2D eigenvalue weighted by Crippen LogP contribution is 2.24.